The molecule has 0 radical (unpaired) electrons. The van der Waals surface area contributed by atoms with Crippen LogP contribution in [0.5, 0.6) is 5.75 Å². The van der Waals surface area contributed by atoms with Crippen LogP contribution in [0.15, 0.2) is 18.2 Å². The number of ether oxygens (including phenoxy) is 1. The van der Waals surface area contributed by atoms with Crippen molar-refractivity contribution in [3.63, 3.8) is 0 Å². The van der Waals surface area contributed by atoms with Crippen molar-refractivity contribution < 1.29 is 4.74 Å². The molecule has 1 N–H and O–H groups in total. The fourth-order valence-electron chi connectivity index (χ4n) is 1.85. The molecule has 0 spiro atoms. The van der Waals surface area contributed by atoms with Crippen LogP contribution in [0.1, 0.15) is 31.9 Å². The minimum Gasteiger partial charge on any atom is -0.490 e. The van der Waals surface area contributed by atoms with Gasteiger partial charge in [-0.3, -0.25) is 5.32 Å². The van der Waals surface area contributed by atoms with Crippen LogP contribution in [-0.4, -0.2) is 18.2 Å². The molecule has 98 valence electrons. The molecule has 0 amide bonds. The lowest BCUT2D eigenvalue weighted by atomic mass is 10.0. The number of nitriles is 1. The van der Waals surface area contributed by atoms with E-state index in [0.29, 0.717) is 6.61 Å². The zero-order chi connectivity index (χ0) is 13.8. The molecule has 0 fully saturated rings. The molecule has 0 saturated carbocycles. The third-order valence-electron chi connectivity index (χ3n) is 2.93. The van der Waals surface area contributed by atoms with Crippen molar-refractivity contribution in [3.8, 4) is 11.8 Å². The van der Waals surface area contributed by atoms with Gasteiger partial charge in [-0.1, -0.05) is 12.1 Å². The van der Waals surface area contributed by atoms with E-state index in [0.717, 1.165) is 11.3 Å². The molecular weight excluding hydrogens is 224 g/mol. The molecule has 3 heteroatoms. The summed E-state index contributed by atoms with van der Waals surface area (Å²) in [4.78, 5) is 0. The summed E-state index contributed by atoms with van der Waals surface area (Å²) in [5.74, 6) is 0.849. The summed E-state index contributed by atoms with van der Waals surface area (Å²) in [5.41, 5.74) is 1.66. The lowest BCUT2D eigenvalue weighted by molar-refractivity contribution is 0.224. The first-order chi connectivity index (χ1) is 8.38. The maximum atomic E-state index is 9.24. The van der Waals surface area contributed by atoms with Gasteiger partial charge in [0.2, 0.25) is 0 Å². The fourth-order valence-corrected chi connectivity index (χ4v) is 1.85. The highest BCUT2D eigenvalue weighted by Crippen LogP contribution is 2.21. The second kappa shape index (κ2) is 5.88. The van der Waals surface area contributed by atoms with E-state index in [4.69, 9.17) is 4.74 Å². The standard InChI is InChI=1S/C15H22N2O/c1-11(2)17-15(5,9-16)10-18-14-8-6-7-12(3)13(14)4/h6-8,11,17H,10H2,1-5H3. The molecule has 3 nitrogen and oxygen atoms in total. The fraction of sp³-hybridized carbons (Fsp3) is 0.533. The minimum atomic E-state index is -0.662. The summed E-state index contributed by atoms with van der Waals surface area (Å²) in [7, 11) is 0. The first kappa shape index (κ1) is 14.5. The molecule has 1 rings (SSSR count). The maximum Gasteiger partial charge on any atom is 0.138 e. The van der Waals surface area contributed by atoms with Gasteiger partial charge in [0.15, 0.2) is 0 Å². The van der Waals surface area contributed by atoms with Crippen molar-refractivity contribution in [2.24, 2.45) is 0 Å². The quantitative estimate of drug-likeness (QED) is 0.868. The zero-order valence-electron chi connectivity index (χ0n) is 11.9. The zero-order valence-corrected chi connectivity index (χ0v) is 11.9. The van der Waals surface area contributed by atoms with Gasteiger partial charge in [-0.05, 0) is 51.8 Å². The Labute approximate surface area is 110 Å². The van der Waals surface area contributed by atoms with Crippen LogP contribution in [0.25, 0.3) is 0 Å². The summed E-state index contributed by atoms with van der Waals surface area (Å²) >= 11 is 0. The van der Waals surface area contributed by atoms with E-state index in [-0.39, 0.29) is 6.04 Å². The Hall–Kier alpha value is -1.53. The third kappa shape index (κ3) is 3.75. The van der Waals surface area contributed by atoms with E-state index in [1.165, 1.54) is 5.56 Å². The molecule has 0 heterocycles. The van der Waals surface area contributed by atoms with Gasteiger partial charge < -0.3 is 4.74 Å². The van der Waals surface area contributed by atoms with Crippen molar-refractivity contribution in [2.75, 3.05) is 6.61 Å². The molecule has 18 heavy (non-hydrogen) atoms. The molecule has 0 saturated heterocycles. The smallest absolute Gasteiger partial charge is 0.138 e. The summed E-state index contributed by atoms with van der Waals surface area (Å²) in [5, 5.41) is 12.5. The van der Waals surface area contributed by atoms with Gasteiger partial charge in [0, 0.05) is 6.04 Å². The molecule has 0 aliphatic heterocycles. The third-order valence-corrected chi connectivity index (χ3v) is 2.93. The van der Waals surface area contributed by atoms with Crippen molar-refractivity contribution in [1.29, 1.82) is 5.26 Å². The predicted molar refractivity (Wildman–Crippen MR) is 73.7 cm³/mol. The summed E-state index contributed by atoms with van der Waals surface area (Å²) in [6.07, 6.45) is 0. The molecule has 1 aromatic carbocycles. The number of hydrogen-bond donors (Lipinski definition) is 1. The Bertz CT molecular complexity index is 448. The number of nitrogens with zero attached hydrogens (tertiary/aromatic N) is 1. The van der Waals surface area contributed by atoms with Gasteiger partial charge in [0.1, 0.15) is 17.9 Å². The molecule has 0 bridgehead atoms. The minimum absolute atomic E-state index is 0.247. The first-order valence-electron chi connectivity index (χ1n) is 6.26. The second-order valence-electron chi connectivity index (χ2n) is 5.23. The predicted octanol–water partition coefficient (Wildman–Crippen LogP) is 2.96. The van der Waals surface area contributed by atoms with Crippen LogP contribution in [0.4, 0.5) is 0 Å². The number of rotatable bonds is 5. The molecular formula is C15H22N2O. The highest BCUT2D eigenvalue weighted by Gasteiger charge is 2.25. The highest BCUT2D eigenvalue weighted by atomic mass is 16.5. The van der Waals surface area contributed by atoms with Crippen LogP contribution < -0.4 is 10.1 Å². The number of benzene rings is 1. The topological polar surface area (TPSA) is 45.0 Å². The molecule has 1 aromatic rings. The number of hydrogen-bond acceptors (Lipinski definition) is 3. The van der Waals surface area contributed by atoms with Gasteiger partial charge in [-0.25, -0.2) is 0 Å². The van der Waals surface area contributed by atoms with Crippen molar-refractivity contribution in [1.82, 2.24) is 5.32 Å². The average Bonchev–Trinajstić information content (AvgIpc) is 2.30. The van der Waals surface area contributed by atoms with E-state index in [1.54, 1.807) is 0 Å². The van der Waals surface area contributed by atoms with E-state index < -0.39 is 5.54 Å². The second-order valence-corrected chi connectivity index (χ2v) is 5.23. The Morgan fingerprint density at radius 2 is 2.06 bits per heavy atom. The van der Waals surface area contributed by atoms with Crippen LogP contribution in [-0.2, 0) is 0 Å². The average molecular weight is 246 g/mol. The van der Waals surface area contributed by atoms with E-state index >= 15 is 0 Å². The van der Waals surface area contributed by atoms with Crippen molar-refractivity contribution in [3.05, 3.63) is 29.3 Å². The number of nitrogens with one attached hydrogen (secondary N) is 1. The normalized spacial score (nSPS) is 14.1. The summed E-state index contributed by atoms with van der Waals surface area (Å²) in [6, 6.07) is 8.49. The summed E-state index contributed by atoms with van der Waals surface area (Å²) in [6.45, 7) is 10.3. The molecule has 0 aromatic heterocycles. The molecule has 0 aliphatic rings. The Balaban J connectivity index is 2.75. The van der Waals surface area contributed by atoms with Crippen LogP contribution in [0, 0.1) is 25.2 Å². The van der Waals surface area contributed by atoms with Crippen LogP contribution in [0.2, 0.25) is 0 Å². The lowest BCUT2D eigenvalue weighted by Crippen LogP contribution is -2.49. The van der Waals surface area contributed by atoms with Gasteiger partial charge in [0.05, 0.1) is 6.07 Å². The van der Waals surface area contributed by atoms with Crippen LogP contribution >= 0.6 is 0 Å². The van der Waals surface area contributed by atoms with Gasteiger partial charge in [0.25, 0.3) is 0 Å². The van der Waals surface area contributed by atoms with E-state index in [9.17, 15) is 5.26 Å². The van der Waals surface area contributed by atoms with Gasteiger partial charge >= 0.3 is 0 Å². The molecule has 1 atom stereocenters. The summed E-state index contributed by atoms with van der Waals surface area (Å²) < 4.78 is 5.79. The largest absolute Gasteiger partial charge is 0.490 e. The van der Waals surface area contributed by atoms with E-state index in [2.05, 4.69) is 24.4 Å². The van der Waals surface area contributed by atoms with Gasteiger partial charge in [-0.2, -0.15) is 5.26 Å². The highest BCUT2D eigenvalue weighted by molar-refractivity contribution is 5.38. The Kier molecular flexibility index (Phi) is 4.75. The van der Waals surface area contributed by atoms with E-state index in [1.807, 2.05) is 39.8 Å². The van der Waals surface area contributed by atoms with Gasteiger partial charge in [-0.15, -0.1) is 0 Å². The number of aryl methyl sites for hydroxylation is 1. The SMILES string of the molecule is Cc1cccc(OCC(C)(C#N)NC(C)C)c1C. The molecule has 0 aliphatic carbocycles. The maximum absolute atomic E-state index is 9.24. The lowest BCUT2D eigenvalue weighted by Gasteiger charge is -2.26. The van der Waals surface area contributed by atoms with Crippen molar-refractivity contribution >= 4 is 0 Å². The van der Waals surface area contributed by atoms with Crippen LogP contribution in [0.3, 0.4) is 0 Å². The monoisotopic (exact) mass is 246 g/mol. The first-order valence-corrected chi connectivity index (χ1v) is 6.26. The molecule has 1 unspecified atom stereocenters. The van der Waals surface area contributed by atoms with Crippen molar-refractivity contribution in [2.45, 2.75) is 46.2 Å². The Morgan fingerprint density at radius 1 is 1.39 bits per heavy atom. The Morgan fingerprint density at radius 3 is 2.61 bits per heavy atom.